The maximum Gasteiger partial charge on any atom is 0.273 e. The van der Waals surface area contributed by atoms with Crippen molar-refractivity contribution in [2.75, 3.05) is 0 Å². The fraction of sp³-hybridized carbons (Fsp3) is 0.176. The number of carbonyl (C=O) groups excluding carboxylic acids is 1. The molecule has 24 heavy (non-hydrogen) atoms. The second kappa shape index (κ2) is 6.88. The van der Waals surface area contributed by atoms with Gasteiger partial charge in [-0.15, -0.1) is 0 Å². The first-order chi connectivity index (χ1) is 11.5. The Bertz CT molecular complexity index is 879. The third-order valence-corrected chi connectivity index (χ3v) is 4.48. The molecule has 2 aromatic rings. The van der Waals surface area contributed by atoms with Crippen LogP contribution in [0, 0.1) is 22.4 Å². The molecule has 0 bridgehead atoms. The average molecular weight is 412 g/mol. The van der Waals surface area contributed by atoms with E-state index >= 15 is 0 Å². The van der Waals surface area contributed by atoms with Crippen molar-refractivity contribution in [1.82, 2.24) is 9.88 Å². The first-order valence-corrected chi connectivity index (χ1v) is 8.17. The van der Waals surface area contributed by atoms with Crippen LogP contribution in [0.25, 0.3) is 0 Å². The molecule has 1 aliphatic rings. The smallest absolute Gasteiger partial charge is 0.273 e. The molecule has 0 radical (unpaired) electrons. The van der Waals surface area contributed by atoms with Crippen molar-refractivity contribution in [3.8, 4) is 10.8 Å². The molecule has 7 heteroatoms. The Morgan fingerprint density at radius 2 is 2.17 bits per heavy atom. The predicted octanol–water partition coefficient (Wildman–Crippen LogP) is 4.46. The minimum atomic E-state index is -0.747. The van der Waals surface area contributed by atoms with Gasteiger partial charge in [0.05, 0.1) is 12.6 Å². The monoisotopic (exact) mass is 410 g/mol. The summed E-state index contributed by atoms with van der Waals surface area (Å²) < 4.78 is 27.8. The normalized spacial score (nSPS) is 14.2. The SMILES string of the molecule is O=C1c2nccc(Cl)c2CN1C(CC#CBr)c1cc(F)ccc1F. The highest BCUT2D eigenvalue weighted by molar-refractivity contribution is 9.12. The zero-order valence-electron chi connectivity index (χ0n) is 12.2. The van der Waals surface area contributed by atoms with Crippen molar-refractivity contribution >= 4 is 33.4 Å². The molecule has 0 saturated heterocycles. The molecular weight excluding hydrogens is 402 g/mol. The summed E-state index contributed by atoms with van der Waals surface area (Å²) >= 11 is 9.10. The Balaban J connectivity index is 2.05. The minimum Gasteiger partial charge on any atom is -0.325 e. The number of hydrogen-bond acceptors (Lipinski definition) is 2. The van der Waals surface area contributed by atoms with Gasteiger partial charge in [-0.1, -0.05) is 17.5 Å². The van der Waals surface area contributed by atoms with Gasteiger partial charge in [0, 0.05) is 44.7 Å². The zero-order valence-corrected chi connectivity index (χ0v) is 14.5. The number of fused-ring (bicyclic) bond motifs is 1. The third kappa shape index (κ3) is 3.02. The molecule has 1 amide bonds. The molecular formula is C17H10BrClF2N2O. The molecule has 0 fully saturated rings. The number of amides is 1. The van der Waals surface area contributed by atoms with Crippen molar-refractivity contribution in [2.24, 2.45) is 0 Å². The fourth-order valence-electron chi connectivity index (χ4n) is 2.73. The van der Waals surface area contributed by atoms with Crippen molar-refractivity contribution in [3.63, 3.8) is 0 Å². The molecule has 122 valence electrons. The quantitative estimate of drug-likeness (QED) is 0.699. The predicted molar refractivity (Wildman–Crippen MR) is 89.5 cm³/mol. The van der Waals surface area contributed by atoms with Crippen LogP contribution in [0.2, 0.25) is 5.02 Å². The van der Waals surface area contributed by atoms with E-state index in [4.69, 9.17) is 11.6 Å². The number of carbonyl (C=O) groups is 1. The van der Waals surface area contributed by atoms with Crippen LogP contribution < -0.4 is 0 Å². The average Bonchev–Trinajstić information content (AvgIpc) is 2.90. The van der Waals surface area contributed by atoms with Crippen LogP contribution >= 0.6 is 27.5 Å². The number of halogens is 4. The van der Waals surface area contributed by atoms with Crippen LogP contribution in [0.5, 0.6) is 0 Å². The Morgan fingerprint density at radius 3 is 2.88 bits per heavy atom. The van der Waals surface area contributed by atoms with Gasteiger partial charge in [0.1, 0.15) is 17.3 Å². The minimum absolute atomic E-state index is 0.0718. The number of pyridine rings is 1. The second-order valence-corrected chi connectivity index (χ2v) is 6.01. The number of rotatable bonds is 3. The molecule has 0 N–H and O–H groups in total. The Kier molecular flexibility index (Phi) is 4.83. The molecule has 1 aromatic heterocycles. The summed E-state index contributed by atoms with van der Waals surface area (Å²) in [4.78, 5) is 20.7. The van der Waals surface area contributed by atoms with Crippen LogP contribution in [0.1, 0.15) is 34.1 Å². The largest absolute Gasteiger partial charge is 0.325 e. The van der Waals surface area contributed by atoms with Crippen LogP contribution in [0.3, 0.4) is 0 Å². The van der Waals surface area contributed by atoms with Gasteiger partial charge in [-0.25, -0.2) is 8.78 Å². The molecule has 1 unspecified atom stereocenters. The number of hydrogen-bond donors (Lipinski definition) is 0. The van der Waals surface area contributed by atoms with E-state index in [-0.39, 0.29) is 30.1 Å². The van der Waals surface area contributed by atoms with Gasteiger partial charge in [0.25, 0.3) is 5.91 Å². The molecule has 2 heterocycles. The van der Waals surface area contributed by atoms with E-state index in [9.17, 15) is 13.6 Å². The van der Waals surface area contributed by atoms with Crippen LogP contribution in [-0.2, 0) is 6.54 Å². The van der Waals surface area contributed by atoms with Crippen LogP contribution in [0.15, 0.2) is 30.5 Å². The first-order valence-electron chi connectivity index (χ1n) is 7.00. The van der Waals surface area contributed by atoms with E-state index in [1.54, 1.807) is 6.07 Å². The summed E-state index contributed by atoms with van der Waals surface area (Å²) in [5.74, 6) is 1.21. The summed E-state index contributed by atoms with van der Waals surface area (Å²) in [6.07, 6.45) is 1.58. The molecule has 3 nitrogen and oxygen atoms in total. The van der Waals surface area contributed by atoms with Gasteiger partial charge in [-0.3, -0.25) is 9.78 Å². The standard InChI is InChI=1S/C17H10BrClF2N2O/c18-6-1-2-15(11-8-10(20)3-4-14(11)21)23-9-12-13(19)5-7-22-16(12)17(23)24/h3-5,7-8,15H,2,9H2. The van der Waals surface area contributed by atoms with Crippen molar-refractivity contribution in [1.29, 1.82) is 0 Å². The lowest BCUT2D eigenvalue weighted by atomic mass is 10.0. The maximum atomic E-state index is 14.2. The van der Waals surface area contributed by atoms with Crippen LogP contribution in [-0.4, -0.2) is 15.8 Å². The highest BCUT2D eigenvalue weighted by atomic mass is 79.9. The topological polar surface area (TPSA) is 33.2 Å². The Morgan fingerprint density at radius 1 is 1.38 bits per heavy atom. The van der Waals surface area contributed by atoms with Gasteiger partial charge in [0.15, 0.2) is 0 Å². The summed E-state index contributed by atoms with van der Waals surface area (Å²) in [6, 6.07) is 4.00. The van der Waals surface area contributed by atoms with E-state index in [1.165, 1.54) is 11.1 Å². The second-order valence-electron chi connectivity index (χ2n) is 5.21. The molecule has 1 aromatic carbocycles. The van der Waals surface area contributed by atoms with Gasteiger partial charge in [-0.2, -0.15) is 0 Å². The Hall–Kier alpha value is -1.97. The molecule has 1 atom stereocenters. The summed E-state index contributed by atoms with van der Waals surface area (Å²) in [6.45, 7) is 0.172. The number of benzene rings is 1. The third-order valence-electron chi connectivity index (χ3n) is 3.85. The van der Waals surface area contributed by atoms with E-state index in [0.717, 1.165) is 18.2 Å². The van der Waals surface area contributed by atoms with E-state index in [2.05, 4.69) is 31.7 Å². The van der Waals surface area contributed by atoms with E-state index in [0.29, 0.717) is 10.6 Å². The van der Waals surface area contributed by atoms with Crippen molar-refractivity contribution in [3.05, 3.63) is 63.9 Å². The van der Waals surface area contributed by atoms with Gasteiger partial charge in [-0.05, 0) is 29.1 Å². The Labute approximate surface area is 150 Å². The van der Waals surface area contributed by atoms with E-state index < -0.39 is 17.7 Å². The maximum absolute atomic E-state index is 14.2. The highest BCUT2D eigenvalue weighted by Gasteiger charge is 2.36. The van der Waals surface area contributed by atoms with Gasteiger partial charge >= 0.3 is 0 Å². The molecule has 0 spiro atoms. The highest BCUT2D eigenvalue weighted by Crippen LogP contribution is 2.36. The summed E-state index contributed by atoms with van der Waals surface area (Å²) in [7, 11) is 0. The zero-order chi connectivity index (χ0) is 17.3. The van der Waals surface area contributed by atoms with Crippen molar-refractivity contribution < 1.29 is 13.6 Å². The molecule has 0 aliphatic carbocycles. The summed E-state index contributed by atoms with van der Waals surface area (Å²) in [5, 5.41) is 0.417. The first kappa shape index (κ1) is 16.9. The molecule has 3 rings (SSSR count). The van der Waals surface area contributed by atoms with E-state index in [1.807, 2.05) is 0 Å². The molecule has 1 aliphatic heterocycles. The fourth-order valence-corrected chi connectivity index (χ4v) is 3.09. The summed E-state index contributed by atoms with van der Waals surface area (Å²) in [5.41, 5.74) is 0.886. The number of aromatic nitrogens is 1. The lowest BCUT2D eigenvalue weighted by Crippen LogP contribution is -2.30. The lowest BCUT2D eigenvalue weighted by molar-refractivity contribution is 0.0696. The van der Waals surface area contributed by atoms with Gasteiger partial charge in [0.2, 0.25) is 0 Å². The van der Waals surface area contributed by atoms with Crippen molar-refractivity contribution in [2.45, 2.75) is 19.0 Å². The van der Waals surface area contributed by atoms with Crippen LogP contribution in [0.4, 0.5) is 8.78 Å². The molecule has 0 saturated carbocycles. The number of nitrogens with zero attached hydrogens (tertiary/aromatic N) is 2. The van der Waals surface area contributed by atoms with Gasteiger partial charge < -0.3 is 4.90 Å². The lowest BCUT2D eigenvalue weighted by Gasteiger charge is -2.27.